The molecule has 0 aliphatic heterocycles. The average molecular weight is 939 g/mol. The van der Waals surface area contributed by atoms with Gasteiger partial charge in [0.25, 0.3) is 0 Å². The summed E-state index contributed by atoms with van der Waals surface area (Å²) in [5, 5.41) is 8.87. The molecule has 1 saturated carbocycles. The Kier molecular flexibility index (Phi) is 8.59. The van der Waals surface area contributed by atoms with Crippen LogP contribution in [0, 0.1) is 30.2 Å². The SMILES string of the molecule is C[Si](C)(C)c1cnc2c(c1)sc1cc(F)c[c-]c12.[2H]C([2H])([2H])c1cnc(-c2[c-]ccc3c2oc2cc4c(ccc5ccccc54)cc23)cc1C1([2H])CCC(C)(C)CC1.[Ir]. The molecule has 7 heteroatoms. The number of fused-ring (bicyclic) bond motifs is 9. The molecule has 0 N–H and O–H groups in total. The van der Waals surface area contributed by atoms with E-state index in [1.54, 1.807) is 17.4 Å². The molecule has 1 aliphatic rings. The van der Waals surface area contributed by atoms with E-state index in [2.05, 4.69) is 104 Å². The first-order chi connectivity index (χ1) is 27.5. The Labute approximate surface area is 346 Å². The van der Waals surface area contributed by atoms with Crippen LogP contribution in [0.4, 0.5) is 4.39 Å². The number of benzene rings is 5. The molecule has 1 fully saturated rings. The molecule has 0 atom stereocenters. The number of hydrogen-bond donors (Lipinski definition) is 0. The summed E-state index contributed by atoms with van der Waals surface area (Å²) in [4.78, 5) is 9.17. The van der Waals surface area contributed by atoms with E-state index in [1.165, 1.54) is 28.2 Å². The van der Waals surface area contributed by atoms with Gasteiger partial charge in [-0.05, 0) is 99.5 Å². The maximum atomic E-state index is 13.2. The summed E-state index contributed by atoms with van der Waals surface area (Å²) in [7, 11) is -1.35. The summed E-state index contributed by atoms with van der Waals surface area (Å²) >= 11 is 1.59. The van der Waals surface area contributed by atoms with E-state index >= 15 is 0 Å². The van der Waals surface area contributed by atoms with Crippen molar-refractivity contribution in [1.29, 1.82) is 0 Å². The van der Waals surface area contributed by atoms with Crippen molar-refractivity contribution in [3.8, 4) is 11.3 Å². The van der Waals surface area contributed by atoms with Gasteiger partial charge in [0.2, 0.25) is 0 Å². The molecule has 0 spiro atoms. The molecule has 0 unspecified atom stereocenters. The van der Waals surface area contributed by atoms with Crippen molar-refractivity contribution in [3.05, 3.63) is 126 Å². The average Bonchev–Trinajstić information content (AvgIpc) is 3.74. The van der Waals surface area contributed by atoms with Crippen LogP contribution in [0.1, 0.15) is 62.0 Å². The molecule has 0 amide bonds. The first kappa shape index (κ1) is 32.9. The van der Waals surface area contributed by atoms with Gasteiger partial charge in [0.1, 0.15) is 5.58 Å². The maximum absolute atomic E-state index is 13.2. The van der Waals surface area contributed by atoms with Crippen LogP contribution in [0.2, 0.25) is 19.6 Å². The molecule has 55 heavy (non-hydrogen) atoms. The Balaban J connectivity index is 0.000000213. The van der Waals surface area contributed by atoms with Crippen molar-refractivity contribution < 1.29 is 34.4 Å². The fourth-order valence-electron chi connectivity index (χ4n) is 7.77. The number of rotatable bonds is 3. The topological polar surface area (TPSA) is 38.9 Å². The summed E-state index contributed by atoms with van der Waals surface area (Å²) in [6.45, 7) is 9.00. The third kappa shape index (κ3) is 7.06. The maximum Gasteiger partial charge on any atom is 0.121 e. The number of halogens is 1. The molecule has 4 heterocycles. The second-order valence-electron chi connectivity index (χ2n) is 16.4. The van der Waals surface area contributed by atoms with Crippen molar-refractivity contribution in [3.63, 3.8) is 0 Å². The summed E-state index contributed by atoms with van der Waals surface area (Å²) in [5.74, 6) is -1.21. The minimum Gasteiger partial charge on any atom is -0.501 e. The number of aromatic nitrogens is 2. The first-order valence-electron chi connectivity index (χ1n) is 20.6. The van der Waals surface area contributed by atoms with Crippen molar-refractivity contribution in [2.75, 3.05) is 0 Å². The third-order valence-corrected chi connectivity index (χ3v) is 14.2. The summed E-state index contributed by atoms with van der Waals surface area (Å²) in [6, 6.07) is 34.1. The van der Waals surface area contributed by atoms with Crippen LogP contribution in [0.15, 0.2) is 102 Å². The molecule has 9 aromatic rings. The molecule has 5 aromatic carbocycles. The van der Waals surface area contributed by atoms with E-state index < -0.39 is 20.8 Å². The zero-order chi connectivity index (χ0) is 40.8. The minimum absolute atomic E-state index is 0. The summed E-state index contributed by atoms with van der Waals surface area (Å²) in [5.41, 5.74) is 4.53. The fourth-order valence-corrected chi connectivity index (χ4v) is 10.0. The number of aryl methyl sites for hydroxylation is 1. The summed E-state index contributed by atoms with van der Waals surface area (Å²) < 4.78 is 55.7. The van der Waals surface area contributed by atoms with E-state index in [-0.39, 0.29) is 36.9 Å². The van der Waals surface area contributed by atoms with Crippen molar-refractivity contribution in [2.24, 2.45) is 5.41 Å². The molecular weight excluding hydrogens is 892 g/mol. The first-order valence-corrected chi connectivity index (χ1v) is 22.9. The second-order valence-corrected chi connectivity index (χ2v) is 22.6. The number of hydrogen-bond acceptors (Lipinski definition) is 4. The molecule has 279 valence electrons. The molecule has 1 radical (unpaired) electrons. The number of thiophene rings is 1. The fraction of sp³-hybridized carbons (Fsp3) is 0.250. The predicted octanol–water partition coefficient (Wildman–Crippen LogP) is 13.7. The number of furan rings is 1. The van der Waals surface area contributed by atoms with Gasteiger partial charge in [0.15, 0.2) is 0 Å². The molecular formula is C48H43FIrN2OSSi-2. The van der Waals surface area contributed by atoms with Crippen LogP contribution in [-0.2, 0) is 20.1 Å². The van der Waals surface area contributed by atoms with Gasteiger partial charge in [-0.15, -0.1) is 35.7 Å². The van der Waals surface area contributed by atoms with Crippen LogP contribution >= 0.6 is 11.3 Å². The monoisotopic (exact) mass is 939 g/mol. The van der Waals surface area contributed by atoms with Gasteiger partial charge in [-0.1, -0.05) is 104 Å². The van der Waals surface area contributed by atoms with Crippen LogP contribution in [0.5, 0.6) is 0 Å². The normalized spacial score (nSPS) is 16.7. The standard InChI is InChI=1S/C34H30NO.C14H13FNSSi.Ir/c1-21-20-35-31(18-28(21)23-13-15-34(2,3)16-14-23)27-10-6-9-26-30-17-24-12-11-22-7-4-5-8-25(22)29(24)19-32(30)36-33(26)27;1-18(2,3)10-7-13-14(16-8-10)11-5-4-9(15)6-12(11)17-13;/h4-9,11-12,17-20,23H,13-16H2,1-3H3;4,6-8H,1-3H3;/q2*-1;/i1D3,23D;;. The summed E-state index contributed by atoms with van der Waals surface area (Å²) in [6.07, 6.45) is 6.41. The van der Waals surface area contributed by atoms with Crippen LogP contribution in [0.3, 0.4) is 0 Å². The van der Waals surface area contributed by atoms with Gasteiger partial charge < -0.3 is 14.4 Å². The largest absolute Gasteiger partial charge is 0.501 e. The third-order valence-electron chi connectivity index (χ3n) is 11.1. The molecule has 10 rings (SSSR count). The van der Waals surface area contributed by atoms with Gasteiger partial charge in [-0.2, -0.15) is 11.3 Å². The van der Waals surface area contributed by atoms with Crippen LogP contribution < -0.4 is 5.19 Å². The molecule has 4 aromatic heterocycles. The quantitative estimate of drug-likeness (QED) is 0.101. The minimum atomic E-state index is -2.35. The molecule has 1 aliphatic carbocycles. The van der Waals surface area contributed by atoms with Crippen molar-refractivity contribution in [2.45, 2.75) is 71.9 Å². The van der Waals surface area contributed by atoms with Crippen molar-refractivity contribution >= 4 is 88.4 Å². The Hall–Kier alpha value is -4.26. The Morgan fingerprint density at radius 1 is 0.873 bits per heavy atom. The predicted molar refractivity (Wildman–Crippen MR) is 229 cm³/mol. The Morgan fingerprint density at radius 3 is 2.47 bits per heavy atom. The van der Waals surface area contributed by atoms with E-state index in [4.69, 9.17) is 8.53 Å². The Morgan fingerprint density at radius 2 is 1.67 bits per heavy atom. The van der Waals surface area contributed by atoms with E-state index in [1.807, 2.05) is 30.5 Å². The zero-order valence-electron chi connectivity index (χ0n) is 35.5. The molecule has 0 saturated heterocycles. The van der Waals surface area contributed by atoms with Crippen molar-refractivity contribution in [1.82, 2.24) is 9.97 Å². The van der Waals surface area contributed by atoms with Gasteiger partial charge in [-0.3, -0.25) is 4.39 Å². The number of pyridine rings is 2. The molecule has 0 bridgehead atoms. The molecule has 3 nitrogen and oxygen atoms in total. The Bertz CT molecular complexity index is 3070. The van der Waals surface area contributed by atoms with Gasteiger partial charge in [0, 0.05) is 59.4 Å². The smallest absolute Gasteiger partial charge is 0.121 e. The van der Waals surface area contributed by atoms with Crippen LogP contribution in [-0.4, -0.2) is 18.0 Å². The number of nitrogens with zero attached hydrogens (tertiary/aromatic N) is 2. The van der Waals surface area contributed by atoms with E-state index in [0.717, 1.165) is 60.3 Å². The van der Waals surface area contributed by atoms with E-state index in [9.17, 15) is 5.76 Å². The van der Waals surface area contributed by atoms with Gasteiger partial charge in [0.05, 0.1) is 13.7 Å². The van der Waals surface area contributed by atoms with Crippen LogP contribution in [0.25, 0.3) is 75.0 Å². The van der Waals surface area contributed by atoms with E-state index in [0.29, 0.717) is 35.2 Å². The zero-order valence-corrected chi connectivity index (χ0v) is 35.7. The second kappa shape index (κ2) is 14.3. The van der Waals surface area contributed by atoms with Gasteiger partial charge >= 0.3 is 0 Å². The van der Waals surface area contributed by atoms with Gasteiger partial charge in [-0.25, -0.2) is 0 Å².